The third-order valence-corrected chi connectivity index (χ3v) is 7.09. The van der Waals surface area contributed by atoms with Gasteiger partial charge in [-0.3, -0.25) is 4.79 Å². The van der Waals surface area contributed by atoms with E-state index in [2.05, 4.69) is 25.6 Å². The van der Waals surface area contributed by atoms with E-state index < -0.39 is 5.97 Å². The smallest absolute Gasteiger partial charge is 0.307 e. The molecule has 0 amide bonds. The van der Waals surface area contributed by atoms with Crippen LogP contribution in [0.5, 0.6) is 11.6 Å². The molecule has 182 valence electrons. The number of fused-ring (bicyclic) bond motifs is 1. The third-order valence-electron chi connectivity index (χ3n) is 7.09. The minimum atomic E-state index is -0.713. The molecule has 3 heterocycles. The lowest BCUT2D eigenvalue weighted by Gasteiger charge is -2.18. The number of hydrogen-bond acceptors (Lipinski definition) is 9. The zero-order valence-electron chi connectivity index (χ0n) is 19.6. The molecule has 0 saturated heterocycles. The number of hydrogen-bond donors (Lipinski definition) is 2. The number of nitrogens with zero attached hydrogens (tertiary/aromatic N) is 6. The largest absolute Gasteiger partial charge is 0.488 e. The van der Waals surface area contributed by atoms with Crippen LogP contribution in [0, 0.1) is 24.7 Å². The number of carbonyl (C=O) groups is 1. The van der Waals surface area contributed by atoms with Crippen LogP contribution in [0.15, 0.2) is 24.4 Å². The average Bonchev–Trinajstić information content (AvgIpc) is 3.72. The molecule has 3 aromatic heterocycles. The highest BCUT2D eigenvalue weighted by Crippen LogP contribution is 2.58. The van der Waals surface area contributed by atoms with Crippen molar-refractivity contribution in [3.05, 3.63) is 35.8 Å². The van der Waals surface area contributed by atoms with Crippen LogP contribution < -0.4 is 14.8 Å². The highest BCUT2D eigenvalue weighted by atomic mass is 16.5. The van der Waals surface area contributed by atoms with Gasteiger partial charge in [0.2, 0.25) is 11.8 Å². The summed E-state index contributed by atoms with van der Waals surface area (Å²) in [5, 5.41) is 21.1. The van der Waals surface area contributed by atoms with Gasteiger partial charge in [-0.25, -0.2) is 14.6 Å². The van der Waals surface area contributed by atoms with Crippen LogP contribution in [-0.2, 0) is 18.4 Å². The van der Waals surface area contributed by atoms with Gasteiger partial charge in [-0.1, -0.05) is 5.21 Å². The van der Waals surface area contributed by atoms with Crippen molar-refractivity contribution in [1.82, 2.24) is 29.9 Å². The normalized spacial score (nSPS) is 24.6. The molecule has 2 N–H and O–H groups in total. The van der Waals surface area contributed by atoms with E-state index in [-0.39, 0.29) is 30.0 Å². The summed E-state index contributed by atoms with van der Waals surface area (Å²) in [6, 6.07) is 5.51. The minimum Gasteiger partial charge on any atom is -0.488 e. The Labute approximate surface area is 201 Å². The van der Waals surface area contributed by atoms with Crippen molar-refractivity contribution in [3.63, 3.8) is 0 Å². The predicted octanol–water partition coefficient (Wildman–Crippen LogP) is 2.62. The second-order valence-corrected chi connectivity index (χ2v) is 9.52. The first-order valence-electron chi connectivity index (χ1n) is 12.0. The lowest BCUT2D eigenvalue weighted by atomic mass is 10.1. The predicted molar refractivity (Wildman–Crippen MR) is 124 cm³/mol. The van der Waals surface area contributed by atoms with Crippen molar-refractivity contribution in [3.8, 4) is 23.0 Å². The fourth-order valence-electron chi connectivity index (χ4n) is 5.07. The van der Waals surface area contributed by atoms with Crippen molar-refractivity contribution < 1.29 is 19.4 Å². The molecule has 0 bridgehead atoms. The van der Waals surface area contributed by atoms with Crippen LogP contribution in [0.1, 0.15) is 37.1 Å². The van der Waals surface area contributed by atoms with Crippen LogP contribution in [0.25, 0.3) is 11.4 Å². The maximum atomic E-state index is 11.4. The number of carboxylic acids is 1. The molecule has 3 fully saturated rings. The molecule has 3 saturated carbocycles. The topological polar surface area (TPSA) is 137 Å². The summed E-state index contributed by atoms with van der Waals surface area (Å²) < 4.78 is 13.7. The average molecular weight is 478 g/mol. The van der Waals surface area contributed by atoms with E-state index in [1.165, 1.54) is 0 Å². The van der Waals surface area contributed by atoms with E-state index >= 15 is 0 Å². The molecular formula is C24H27N7O4. The summed E-state index contributed by atoms with van der Waals surface area (Å²) in [4.78, 5) is 24.8. The third kappa shape index (κ3) is 4.26. The van der Waals surface area contributed by atoms with Crippen molar-refractivity contribution >= 4 is 11.9 Å². The first-order chi connectivity index (χ1) is 17.0. The van der Waals surface area contributed by atoms with E-state index in [0.29, 0.717) is 35.5 Å². The Hall–Kier alpha value is -3.76. The van der Waals surface area contributed by atoms with Crippen LogP contribution in [0.4, 0.5) is 5.95 Å². The first kappa shape index (κ1) is 21.8. The molecule has 0 aliphatic heterocycles. The maximum absolute atomic E-state index is 11.4. The molecule has 0 radical (unpaired) electrons. The lowest BCUT2D eigenvalue weighted by Crippen LogP contribution is -2.20. The second-order valence-electron chi connectivity index (χ2n) is 9.52. The Kier molecular flexibility index (Phi) is 5.27. The number of nitrogens with one attached hydrogen (secondary N) is 1. The summed E-state index contributed by atoms with van der Waals surface area (Å²) in [7, 11) is 1.83. The molecule has 0 aromatic carbocycles. The molecular weight excluding hydrogens is 450 g/mol. The second kappa shape index (κ2) is 8.47. The molecule has 11 heteroatoms. The molecule has 4 atom stereocenters. The fraction of sp³-hybridized carbons (Fsp3) is 0.500. The molecule has 6 rings (SSSR count). The number of carboxylic acid groups (broad SMARTS) is 1. The minimum absolute atomic E-state index is 0.0663. The van der Waals surface area contributed by atoms with Gasteiger partial charge in [0.1, 0.15) is 23.7 Å². The number of aromatic nitrogens is 6. The molecule has 0 spiro atoms. The maximum Gasteiger partial charge on any atom is 0.307 e. The van der Waals surface area contributed by atoms with Crippen molar-refractivity contribution in [1.29, 1.82) is 0 Å². The highest BCUT2D eigenvalue weighted by molar-refractivity contribution is 5.75. The van der Waals surface area contributed by atoms with E-state index in [4.69, 9.17) is 14.5 Å². The van der Waals surface area contributed by atoms with E-state index in [1.807, 2.05) is 26.1 Å². The quantitative estimate of drug-likeness (QED) is 0.473. The lowest BCUT2D eigenvalue weighted by molar-refractivity contribution is -0.139. The van der Waals surface area contributed by atoms with Crippen LogP contribution in [0.3, 0.4) is 0 Å². The summed E-state index contributed by atoms with van der Waals surface area (Å²) in [6.45, 7) is 2.30. The zero-order chi connectivity index (χ0) is 24.1. The number of pyridine rings is 1. The molecule has 35 heavy (non-hydrogen) atoms. The van der Waals surface area contributed by atoms with Crippen molar-refractivity contribution in [2.75, 3.05) is 5.32 Å². The van der Waals surface area contributed by atoms with Gasteiger partial charge in [0.25, 0.3) is 0 Å². The number of aliphatic carboxylic acids is 1. The monoisotopic (exact) mass is 477 g/mol. The van der Waals surface area contributed by atoms with E-state index in [1.54, 1.807) is 16.9 Å². The summed E-state index contributed by atoms with van der Waals surface area (Å²) in [5.41, 5.74) is 2.92. The summed E-state index contributed by atoms with van der Waals surface area (Å²) in [6.07, 6.45) is 5.80. The van der Waals surface area contributed by atoms with Gasteiger partial charge in [0.15, 0.2) is 0 Å². The summed E-state index contributed by atoms with van der Waals surface area (Å²) >= 11 is 0. The van der Waals surface area contributed by atoms with Gasteiger partial charge in [0, 0.05) is 25.2 Å². The SMILES string of the molecule is Cc1nc(-c2nnn(C)c2CNc2nccc(OC3CC3)n2)ccc1O[C@@H]1CC[C@H]2[C@@H](C(=O)O)[C@H]21. The summed E-state index contributed by atoms with van der Waals surface area (Å²) in [5.74, 6) is 1.10. The fourth-order valence-corrected chi connectivity index (χ4v) is 5.07. The zero-order valence-corrected chi connectivity index (χ0v) is 19.6. The van der Waals surface area contributed by atoms with E-state index in [0.717, 1.165) is 37.1 Å². The highest BCUT2D eigenvalue weighted by Gasteiger charge is 2.63. The van der Waals surface area contributed by atoms with Gasteiger partial charge in [-0.2, -0.15) is 4.98 Å². The van der Waals surface area contributed by atoms with Gasteiger partial charge < -0.3 is 19.9 Å². The molecule has 3 aliphatic rings. The Morgan fingerprint density at radius 2 is 2.03 bits per heavy atom. The van der Waals surface area contributed by atoms with Crippen LogP contribution >= 0.6 is 0 Å². The van der Waals surface area contributed by atoms with Gasteiger partial charge in [-0.05, 0) is 50.7 Å². The van der Waals surface area contributed by atoms with Crippen LogP contribution in [-0.4, -0.2) is 53.2 Å². The van der Waals surface area contributed by atoms with Gasteiger partial charge in [-0.15, -0.1) is 5.10 Å². The Morgan fingerprint density at radius 1 is 1.17 bits per heavy atom. The Balaban J connectivity index is 1.15. The molecule has 3 aromatic rings. The standard InChI is InChI=1S/C24H27N7O4/c1-12-17(35-18-7-5-14-20(18)21(14)23(32)33)8-6-15(27-12)22-16(31(2)30-29-22)11-26-24-25-10-9-19(28-24)34-13-3-4-13/h6,8-10,13-14,18,20-21H,3-5,7,11H2,1-2H3,(H,32,33)(H,25,26,28)/t14-,18-,20-,21-/m1/s1. The number of aryl methyl sites for hydroxylation is 2. The number of anilines is 1. The van der Waals surface area contributed by atoms with E-state index in [9.17, 15) is 9.90 Å². The number of ether oxygens (including phenoxy) is 2. The Bertz CT molecular complexity index is 1270. The molecule has 11 nitrogen and oxygen atoms in total. The number of rotatable bonds is 9. The molecule has 3 aliphatic carbocycles. The van der Waals surface area contributed by atoms with Gasteiger partial charge in [0.05, 0.1) is 29.5 Å². The first-order valence-corrected chi connectivity index (χ1v) is 12.0. The van der Waals surface area contributed by atoms with Crippen molar-refractivity contribution in [2.24, 2.45) is 24.8 Å². The van der Waals surface area contributed by atoms with Crippen LogP contribution in [0.2, 0.25) is 0 Å². The van der Waals surface area contributed by atoms with Crippen molar-refractivity contribution in [2.45, 2.75) is 51.4 Å². The molecule has 0 unspecified atom stereocenters. The van der Waals surface area contributed by atoms with Gasteiger partial charge >= 0.3 is 5.97 Å². The Morgan fingerprint density at radius 3 is 2.77 bits per heavy atom.